The number of carboxylic acids is 1. The number of hydrogen-bond acceptors (Lipinski definition) is 3. The summed E-state index contributed by atoms with van der Waals surface area (Å²) < 4.78 is 5.32. The van der Waals surface area contributed by atoms with Gasteiger partial charge in [-0.05, 0) is 36.7 Å². The first-order valence-electron chi connectivity index (χ1n) is 8.30. The average Bonchev–Trinajstić information content (AvgIpc) is 3.01. The van der Waals surface area contributed by atoms with Crippen LogP contribution < -0.4 is 0 Å². The van der Waals surface area contributed by atoms with E-state index >= 15 is 0 Å². The van der Waals surface area contributed by atoms with Gasteiger partial charge in [-0.2, -0.15) is 0 Å². The van der Waals surface area contributed by atoms with Gasteiger partial charge in [0.2, 0.25) is 0 Å². The fraction of sp³-hybridized carbons (Fsp3) is 0.556. The van der Waals surface area contributed by atoms with E-state index in [1.807, 2.05) is 30.3 Å². The lowest BCUT2D eigenvalue weighted by Gasteiger charge is -2.42. The van der Waals surface area contributed by atoms with Crippen LogP contribution in [0.2, 0.25) is 0 Å². The lowest BCUT2D eigenvalue weighted by molar-refractivity contribution is -0.146. The molecule has 23 heavy (non-hydrogen) atoms. The number of amides is 1. The molecule has 1 aliphatic carbocycles. The Bertz CT molecular complexity index is 566. The van der Waals surface area contributed by atoms with Crippen molar-refractivity contribution >= 4 is 12.1 Å². The van der Waals surface area contributed by atoms with E-state index in [-0.39, 0.29) is 12.0 Å². The monoisotopic (exact) mass is 317 g/mol. The van der Waals surface area contributed by atoms with Gasteiger partial charge in [-0.25, -0.2) is 9.59 Å². The molecule has 0 aromatic heterocycles. The number of piperidine rings is 1. The van der Waals surface area contributed by atoms with E-state index in [1.54, 1.807) is 0 Å². The standard InChI is InChI=1S/C18H23NO4/c20-16(21)15-12-18(8-4-5-9-18)10-11-19(15)17(22)23-13-14-6-2-1-3-7-14/h1-3,6-7,15H,4-5,8-13H2,(H,20,21). The summed E-state index contributed by atoms with van der Waals surface area (Å²) in [4.78, 5) is 25.4. The highest BCUT2D eigenvalue weighted by atomic mass is 16.6. The van der Waals surface area contributed by atoms with Gasteiger partial charge >= 0.3 is 12.1 Å². The highest BCUT2D eigenvalue weighted by Gasteiger charge is 2.46. The zero-order valence-corrected chi connectivity index (χ0v) is 13.2. The lowest BCUT2D eigenvalue weighted by Crippen LogP contribution is -2.52. The molecule has 1 unspecified atom stereocenters. The number of carbonyl (C=O) groups excluding carboxylic acids is 1. The molecule has 124 valence electrons. The minimum absolute atomic E-state index is 0.124. The third-order valence-electron chi connectivity index (χ3n) is 5.27. The fourth-order valence-corrected chi connectivity index (χ4v) is 3.96. The second-order valence-electron chi connectivity index (χ2n) is 6.75. The Morgan fingerprint density at radius 3 is 2.52 bits per heavy atom. The van der Waals surface area contributed by atoms with E-state index < -0.39 is 18.1 Å². The summed E-state index contributed by atoms with van der Waals surface area (Å²) in [5.74, 6) is -0.923. The van der Waals surface area contributed by atoms with E-state index in [0.717, 1.165) is 24.8 Å². The van der Waals surface area contributed by atoms with Crippen molar-refractivity contribution < 1.29 is 19.4 Å². The van der Waals surface area contributed by atoms with Crippen LogP contribution in [0.5, 0.6) is 0 Å². The molecule has 2 aliphatic rings. The van der Waals surface area contributed by atoms with Crippen LogP contribution in [0, 0.1) is 5.41 Å². The van der Waals surface area contributed by atoms with Gasteiger partial charge in [-0.15, -0.1) is 0 Å². The van der Waals surface area contributed by atoms with Crippen LogP contribution in [0.25, 0.3) is 0 Å². The summed E-state index contributed by atoms with van der Waals surface area (Å²) in [7, 11) is 0. The van der Waals surface area contributed by atoms with Gasteiger partial charge in [0.1, 0.15) is 12.6 Å². The van der Waals surface area contributed by atoms with E-state index in [9.17, 15) is 14.7 Å². The molecule has 1 aliphatic heterocycles. The number of nitrogens with zero attached hydrogens (tertiary/aromatic N) is 1. The van der Waals surface area contributed by atoms with Crippen LogP contribution in [-0.2, 0) is 16.1 Å². The summed E-state index contributed by atoms with van der Waals surface area (Å²) in [5, 5.41) is 9.54. The van der Waals surface area contributed by atoms with Gasteiger partial charge in [0.15, 0.2) is 0 Å². The van der Waals surface area contributed by atoms with Crippen molar-refractivity contribution in [1.82, 2.24) is 4.90 Å². The van der Waals surface area contributed by atoms with Crippen LogP contribution in [0.3, 0.4) is 0 Å². The Kier molecular flexibility index (Phi) is 4.55. The molecule has 1 heterocycles. The molecule has 2 fully saturated rings. The summed E-state index contributed by atoms with van der Waals surface area (Å²) >= 11 is 0. The minimum atomic E-state index is -0.923. The number of carboxylic acid groups (broad SMARTS) is 1. The van der Waals surface area contributed by atoms with Crippen molar-refractivity contribution in [3.05, 3.63) is 35.9 Å². The first kappa shape index (κ1) is 15.8. The molecule has 5 nitrogen and oxygen atoms in total. The molecule has 0 radical (unpaired) electrons. The topological polar surface area (TPSA) is 66.8 Å². The Morgan fingerprint density at radius 1 is 1.17 bits per heavy atom. The number of benzene rings is 1. The minimum Gasteiger partial charge on any atom is -0.480 e. The molecule has 5 heteroatoms. The summed E-state index contributed by atoms with van der Waals surface area (Å²) in [6, 6.07) is 8.67. The van der Waals surface area contributed by atoms with E-state index in [4.69, 9.17) is 4.74 Å². The van der Waals surface area contributed by atoms with Crippen molar-refractivity contribution in [2.24, 2.45) is 5.41 Å². The molecule has 1 atom stereocenters. The van der Waals surface area contributed by atoms with Crippen molar-refractivity contribution in [3.8, 4) is 0 Å². The Labute approximate surface area is 136 Å². The highest BCUT2D eigenvalue weighted by Crippen LogP contribution is 2.48. The molecule has 1 aromatic carbocycles. The van der Waals surface area contributed by atoms with E-state index in [1.165, 1.54) is 17.7 Å². The molecular formula is C18H23NO4. The molecule has 3 rings (SSSR count). The molecule has 1 saturated heterocycles. The number of ether oxygens (including phenoxy) is 1. The third-order valence-corrected chi connectivity index (χ3v) is 5.27. The Morgan fingerprint density at radius 2 is 1.87 bits per heavy atom. The normalized spacial score (nSPS) is 23.0. The van der Waals surface area contributed by atoms with Crippen molar-refractivity contribution in [3.63, 3.8) is 0 Å². The zero-order valence-electron chi connectivity index (χ0n) is 13.2. The van der Waals surface area contributed by atoms with Crippen LogP contribution in [0.4, 0.5) is 4.79 Å². The van der Waals surface area contributed by atoms with E-state index in [2.05, 4.69) is 0 Å². The molecule has 1 saturated carbocycles. The summed E-state index contributed by atoms with van der Waals surface area (Å²) in [5.41, 5.74) is 1.02. The van der Waals surface area contributed by atoms with Crippen LogP contribution in [0.1, 0.15) is 44.1 Å². The van der Waals surface area contributed by atoms with Gasteiger partial charge in [-0.1, -0.05) is 43.2 Å². The number of carbonyl (C=O) groups is 2. The first-order chi connectivity index (χ1) is 11.1. The maximum absolute atomic E-state index is 12.3. The van der Waals surface area contributed by atoms with Gasteiger partial charge in [0.05, 0.1) is 0 Å². The third kappa shape index (κ3) is 3.49. The smallest absolute Gasteiger partial charge is 0.410 e. The van der Waals surface area contributed by atoms with Gasteiger partial charge in [0.25, 0.3) is 0 Å². The average molecular weight is 317 g/mol. The van der Waals surface area contributed by atoms with Crippen molar-refractivity contribution in [1.29, 1.82) is 0 Å². The predicted molar refractivity (Wildman–Crippen MR) is 84.9 cm³/mol. The van der Waals surface area contributed by atoms with Gasteiger partial charge in [0, 0.05) is 6.54 Å². The van der Waals surface area contributed by atoms with Crippen LogP contribution in [0.15, 0.2) is 30.3 Å². The second kappa shape index (κ2) is 6.60. The molecule has 1 spiro atoms. The largest absolute Gasteiger partial charge is 0.480 e. The molecule has 1 aromatic rings. The first-order valence-corrected chi connectivity index (χ1v) is 8.30. The number of rotatable bonds is 3. The van der Waals surface area contributed by atoms with Crippen molar-refractivity contribution in [2.45, 2.75) is 51.2 Å². The number of likely N-dealkylation sites (tertiary alicyclic amines) is 1. The van der Waals surface area contributed by atoms with Gasteiger partial charge in [-0.3, -0.25) is 4.90 Å². The highest BCUT2D eigenvalue weighted by molar-refractivity contribution is 5.80. The van der Waals surface area contributed by atoms with Crippen LogP contribution in [-0.4, -0.2) is 34.7 Å². The predicted octanol–water partition coefficient (Wildman–Crippen LogP) is 3.43. The summed E-state index contributed by atoms with van der Waals surface area (Å²) in [6.07, 6.45) is 5.44. The Balaban J connectivity index is 1.63. The zero-order chi connectivity index (χ0) is 16.3. The molecule has 1 N–H and O–H groups in total. The number of aliphatic carboxylic acids is 1. The molecule has 1 amide bonds. The van der Waals surface area contributed by atoms with E-state index in [0.29, 0.717) is 13.0 Å². The lowest BCUT2D eigenvalue weighted by atomic mass is 9.74. The molecular weight excluding hydrogens is 294 g/mol. The summed E-state index contributed by atoms with van der Waals surface area (Å²) in [6.45, 7) is 0.651. The maximum atomic E-state index is 12.3. The second-order valence-corrected chi connectivity index (χ2v) is 6.75. The molecule has 0 bridgehead atoms. The van der Waals surface area contributed by atoms with Crippen molar-refractivity contribution in [2.75, 3.05) is 6.54 Å². The quantitative estimate of drug-likeness (QED) is 0.927. The maximum Gasteiger partial charge on any atom is 0.410 e. The van der Waals surface area contributed by atoms with Crippen LogP contribution >= 0.6 is 0 Å². The number of hydrogen-bond donors (Lipinski definition) is 1. The Hall–Kier alpha value is -2.04. The van der Waals surface area contributed by atoms with Gasteiger partial charge < -0.3 is 9.84 Å². The fourth-order valence-electron chi connectivity index (χ4n) is 3.96. The SMILES string of the molecule is O=C(O)C1CC2(CCCC2)CCN1C(=O)OCc1ccccc1.